The predicted molar refractivity (Wildman–Crippen MR) is 313 cm³/mol. The molecule has 0 bridgehead atoms. The van der Waals surface area contributed by atoms with Crippen molar-refractivity contribution in [3.63, 3.8) is 0 Å². The fourth-order valence-corrected chi connectivity index (χ4v) is 18.1. The van der Waals surface area contributed by atoms with E-state index in [1.165, 1.54) is 52.6 Å². The molecule has 614 valence electrons. The summed E-state index contributed by atoms with van der Waals surface area (Å²) in [6, 6.07) is 16.2. The molecule has 13 nitrogen and oxygen atoms in total. The number of rotatable bonds is 18. The Labute approximate surface area is 601 Å². The van der Waals surface area contributed by atoms with E-state index in [9.17, 15) is 196 Å². The number of nitrogens with zero attached hydrogens (tertiary/aromatic N) is 4. The Kier molecular flexibility index (Phi) is 23.9. The Morgan fingerprint density at radius 2 is 0.357 bits per heavy atom. The van der Waals surface area contributed by atoms with Crippen LogP contribution in [0.5, 0.6) is 0 Å². The van der Waals surface area contributed by atoms with Gasteiger partial charge >= 0.3 is 116 Å². The van der Waals surface area contributed by atoms with Crippen molar-refractivity contribution in [2.75, 3.05) is 4.90 Å². The average molecular weight is 1790 g/mol. The van der Waals surface area contributed by atoms with Crippen molar-refractivity contribution >= 4 is 76.3 Å². The maximum atomic E-state index is 14.4. The molecule has 0 aliphatic rings. The zero-order valence-corrected chi connectivity index (χ0v) is 56.8. The third-order valence-corrected chi connectivity index (χ3v) is 26.0. The predicted octanol–water partition coefficient (Wildman–Crippen LogP) is 18.7. The Morgan fingerprint density at radius 1 is 0.214 bits per heavy atom. The molecule has 0 fully saturated rings. The lowest BCUT2D eigenvalue weighted by atomic mass is 10.1. The molecule has 0 amide bonds. The molecular formula is C57H24F36N4O9S6. The van der Waals surface area contributed by atoms with Gasteiger partial charge in [0, 0.05) is 50.4 Å². The third kappa shape index (κ3) is 16.3. The van der Waals surface area contributed by atoms with E-state index in [0.29, 0.717) is 36.4 Å². The number of benzene rings is 6. The van der Waals surface area contributed by atoms with Gasteiger partial charge in [-0.25, -0.2) is 12.6 Å². The molecule has 0 saturated carbocycles. The summed E-state index contributed by atoms with van der Waals surface area (Å²) < 4.78 is 607. The molecular weight excluding hydrogens is 1760 g/mol. The van der Waals surface area contributed by atoms with E-state index in [1.807, 2.05) is 0 Å². The van der Waals surface area contributed by atoms with Crippen molar-refractivity contribution in [2.24, 2.45) is 11.3 Å². The number of halogens is 36. The monoisotopic (exact) mass is 1780 g/mol. The lowest BCUT2D eigenvalue weighted by Gasteiger charge is -2.32. The van der Waals surface area contributed by atoms with E-state index in [2.05, 4.69) is 35.5 Å². The molecule has 0 spiro atoms. The van der Waals surface area contributed by atoms with Gasteiger partial charge in [0.15, 0.2) is 29.2 Å². The van der Waals surface area contributed by atoms with Crippen molar-refractivity contribution in [2.45, 2.75) is 101 Å². The molecule has 0 aliphatic carbocycles. The lowest BCUT2D eigenvalue weighted by Crippen LogP contribution is -2.63. The van der Waals surface area contributed by atoms with E-state index < -0.39 is 177 Å². The first kappa shape index (κ1) is 91.9. The summed E-state index contributed by atoms with van der Waals surface area (Å²) in [5.41, 5.74) is -21.9. The smallest absolute Gasteiger partial charge is 0.311 e. The minimum Gasteiger partial charge on any atom is -0.311 e. The molecule has 0 aromatic heterocycles. The highest BCUT2D eigenvalue weighted by molar-refractivity contribution is 8.05. The Morgan fingerprint density at radius 3 is 0.491 bits per heavy atom. The molecule has 3 unspecified atom stereocenters. The second-order valence-corrected chi connectivity index (χ2v) is 33.5. The molecule has 0 radical (unpaired) electrons. The van der Waals surface area contributed by atoms with Crippen molar-refractivity contribution in [1.82, 2.24) is 0 Å². The van der Waals surface area contributed by atoms with Crippen LogP contribution in [0.3, 0.4) is 0 Å². The summed E-state index contributed by atoms with van der Waals surface area (Å²) in [5.74, 6) is -34.3. The molecule has 112 heavy (non-hydrogen) atoms. The van der Waals surface area contributed by atoms with E-state index in [4.69, 9.17) is 0 Å². The highest BCUT2D eigenvalue weighted by atomic mass is 32.3. The minimum atomic E-state index is -8.31. The largest absolute Gasteiger partial charge is 0.484 e. The van der Waals surface area contributed by atoms with Crippen LogP contribution in [-0.4, -0.2) is 124 Å². The SMILES string of the molecule is O=S(=O)(N=S(=O)(c1ccc(C#Cc2ccc(N(c3ccc(C#Cc4ccc(S(=O)(=NS(=O)(=O)C(F)(F)C(F)(F)C(F)(F)C(F)(F)F)C(F)(F)F)cc4)cc3)c3ccc(C#Cc4ccc(S(=O)(=NS(=O)(=O)C(F)(F)C(F)(F)C(F)(F)C(F)(F)F)C(F)(F)F)cc4)cc3)cc2)cc1)C(F)(F)F)C(F)(F)C(F)(F)C(F)(F)C(F)(F)F. The summed E-state index contributed by atoms with van der Waals surface area (Å²) in [7, 11) is -46.2. The first-order chi connectivity index (χ1) is 50.0. The molecule has 6 aromatic rings. The van der Waals surface area contributed by atoms with Crippen molar-refractivity contribution in [3.05, 3.63) is 179 Å². The topological polar surface area (TPSA) is 194 Å². The number of hydrogen-bond acceptors (Lipinski definition) is 10. The number of hydrogen-bond donors (Lipinski definition) is 0. The highest BCUT2D eigenvalue weighted by Crippen LogP contribution is 2.59. The summed E-state index contributed by atoms with van der Waals surface area (Å²) in [6.45, 7) is 0. The van der Waals surface area contributed by atoms with E-state index in [-0.39, 0.29) is 70.2 Å². The first-order valence-corrected chi connectivity index (χ1v) is 36.2. The Bertz CT molecular complexity index is 5020. The van der Waals surface area contributed by atoms with Crippen LogP contribution in [0.2, 0.25) is 0 Å². The quantitative estimate of drug-likeness (QED) is 0.0590. The maximum Gasteiger partial charge on any atom is 0.484 e. The summed E-state index contributed by atoms with van der Waals surface area (Å²) >= 11 is 0. The molecule has 6 aromatic carbocycles. The fourth-order valence-electron chi connectivity index (χ4n) is 7.91. The van der Waals surface area contributed by atoms with Crippen molar-refractivity contribution < 1.29 is 196 Å². The molecule has 0 heterocycles. The average Bonchev–Trinajstić information content (AvgIpc) is 0.719. The minimum absolute atomic E-state index is 0.0251. The second-order valence-electron chi connectivity index (χ2n) is 21.4. The highest BCUT2D eigenvalue weighted by Gasteiger charge is 2.88. The van der Waals surface area contributed by atoms with Crippen LogP contribution < -0.4 is 4.90 Å². The normalized spacial score (nSPS) is 15.6. The van der Waals surface area contributed by atoms with Gasteiger partial charge in [-0.15, -0.1) is 0 Å². The Hall–Kier alpha value is -9.02. The van der Waals surface area contributed by atoms with Gasteiger partial charge in [-0.3, -0.25) is 0 Å². The van der Waals surface area contributed by atoms with Gasteiger partial charge in [0.25, 0.3) is 0 Å². The maximum absolute atomic E-state index is 14.4. The number of anilines is 3. The van der Waals surface area contributed by atoms with Crippen LogP contribution in [0.1, 0.15) is 33.4 Å². The second kappa shape index (κ2) is 29.1. The standard InChI is InChI=1S/C57H24F36N4O9S6/c58-43(59,49(70,71)72)46(64,65)52(79,80)110(101,102)94-107(98,55(85,86)87)40-25-13-34(14-26-40)4-1-31-7-19-37(20-8-31)97(38-21-9-32(10-22-38)2-5-35-15-27-41(28-16-35)108(99,56(88,89)90)95-111(103,104)53(81,82)47(66,67)44(60,61)50(73,74)75)39-23-11-33(12-24-39)3-6-36-17-29-42(30-18-36)109(100,57(91,92)93)96-112(105,106)54(83,84)48(68,69)45(62,63)51(76,77)78/h7-30H. The van der Waals surface area contributed by atoms with Crippen LogP contribution >= 0.6 is 0 Å². The van der Waals surface area contributed by atoms with Crippen molar-refractivity contribution in [3.8, 4) is 35.5 Å². The van der Waals surface area contributed by atoms with Gasteiger partial charge in [0.05, 0.1) is 14.7 Å². The van der Waals surface area contributed by atoms with E-state index in [1.54, 1.807) is 0 Å². The zero-order chi connectivity index (χ0) is 86.3. The van der Waals surface area contributed by atoms with Gasteiger partial charge in [0.2, 0.25) is 0 Å². The van der Waals surface area contributed by atoms with Crippen molar-refractivity contribution in [1.29, 1.82) is 0 Å². The molecule has 0 aliphatic heterocycles. The van der Waals surface area contributed by atoms with Crippen LogP contribution in [0.15, 0.2) is 172 Å². The first-order valence-electron chi connectivity index (χ1n) is 27.3. The van der Waals surface area contributed by atoms with Crippen LogP contribution in [0.25, 0.3) is 0 Å². The summed E-state index contributed by atoms with van der Waals surface area (Å²) in [6.07, 6.45) is -23.0. The summed E-state index contributed by atoms with van der Waals surface area (Å²) in [5, 5.41) is -23.6. The zero-order valence-electron chi connectivity index (χ0n) is 51.9. The van der Waals surface area contributed by atoms with Gasteiger partial charge in [-0.1, -0.05) is 46.8 Å². The number of sulfonamides is 3. The van der Waals surface area contributed by atoms with Crippen LogP contribution in [-0.2, 0) is 59.3 Å². The van der Waals surface area contributed by atoms with Crippen LogP contribution in [0.4, 0.5) is 175 Å². The molecule has 55 heteroatoms. The van der Waals surface area contributed by atoms with Gasteiger partial charge in [-0.2, -0.15) is 183 Å². The van der Waals surface area contributed by atoms with Gasteiger partial charge < -0.3 is 4.90 Å². The summed E-state index contributed by atoms with van der Waals surface area (Å²) in [4.78, 5) is -4.78. The fraction of sp³-hybridized carbons (Fsp3) is 0.263. The van der Waals surface area contributed by atoms with E-state index >= 15 is 0 Å². The van der Waals surface area contributed by atoms with Gasteiger partial charge in [0.1, 0.15) is 0 Å². The number of alkyl halides is 36. The molecule has 0 N–H and O–H groups in total. The Balaban J connectivity index is 1.40. The van der Waals surface area contributed by atoms with E-state index in [0.717, 1.165) is 36.4 Å². The third-order valence-electron chi connectivity index (χ3n) is 13.8. The molecule has 3 atom stereocenters. The molecule has 6 rings (SSSR count). The lowest BCUT2D eigenvalue weighted by molar-refractivity contribution is -0.382. The van der Waals surface area contributed by atoms with Crippen LogP contribution in [0, 0.1) is 35.5 Å². The molecule has 0 saturated heterocycles. The van der Waals surface area contributed by atoms with Gasteiger partial charge in [-0.05, 0) is 146 Å².